The van der Waals surface area contributed by atoms with Gasteiger partial charge in [0.05, 0.1) is 12.2 Å². The number of rotatable bonds is 3. The van der Waals surface area contributed by atoms with E-state index in [1.807, 2.05) is 37.3 Å². The Morgan fingerprint density at radius 1 is 1.30 bits per heavy atom. The Hall–Kier alpha value is -2.63. The van der Waals surface area contributed by atoms with Crippen LogP contribution in [0.4, 0.5) is 5.95 Å². The Morgan fingerprint density at radius 2 is 2.05 bits per heavy atom. The highest BCUT2D eigenvalue weighted by Gasteiger charge is 2.10. The first kappa shape index (κ1) is 12.4. The molecule has 3 aromatic rings. The molecule has 0 aliphatic carbocycles. The van der Waals surface area contributed by atoms with E-state index in [-0.39, 0.29) is 11.6 Å². The average Bonchev–Trinajstić information content (AvgIpc) is 2.82. The molecule has 0 aliphatic rings. The monoisotopic (exact) mass is 269 g/mol. The van der Waals surface area contributed by atoms with Crippen molar-refractivity contribution in [3.8, 4) is 0 Å². The van der Waals surface area contributed by atoms with Gasteiger partial charge in [0.2, 0.25) is 5.95 Å². The quantitative estimate of drug-likeness (QED) is 0.760. The lowest BCUT2D eigenvalue weighted by Gasteiger charge is -2.14. The van der Waals surface area contributed by atoms with E-state index in [0.717, 1.165) is 5.56 Å². The molecule has 0 fully saturated rings. The van der Waals surface area contributed by atoms with Crippen molar-refractivity contribution in [1.29, 1.82) is 0 Å². The van der Waals surface area contributed by atoms with Crippen molar-refractivity contribution in [3.05, 3.63) is 52.4 Å². The second-order valence-corrected chi connectivity index (χ2v) is 4.70. The number of aromatic amines is 1. The number of hydrogen-bond acceptors (Lipinski definition) is 4. The third kappa shape index (κ3) is 2.16. The lowest BCUT2D eigenvalue weighted by atomic mass is 10.1. The fraction of sp³-hybridized carbons (Fsp3) is 0.214. The molecule has 3 rings (SSSR count). The number of benzene rings is 1. The molecule has 6 heteroatoms. The van der Waals surface area contributed by atoms with Crippen LogP contribution in [0.3, 0.4) is 0 Å². The second-order valence-electron chi connectivity index (χ2n) is 4.70. The molecule has 0 amide bonds. The third-order valence-electron chi connectivity index (χ3n) is 3.25. The summed E-state index contributed by atoms with van der Waals surface area (Å²) in [7, 11) is 1.76. The standard InChI is InChI=1S/C14H15N5O/c1-9(10-6-4-3-5-7-10)16-14-17-12-11(13(20)18-14)8-15-19(12)2/h3-9H,1-2H3,(H2,16,17,18,20). The fourth-order valence-electron chi connectivity index (χ4n) is 2.13. The van der Waals surface area contributed by atoms with E-state index >= 15 is 0 Å². The molecule has 20 heavy (non-hydrogen) atoms. The van der Waals surface area contributed by atoms with Gasteiger partial charge in [-0.25, -0.2) is 0 Å². The summed E-state index contributed by atoms with van der Waals surface area (Å²) in [5.74, 6) is 0.447. The largest absolute Gasteiger partial charge is 0.349 e. The van der Waals surface area contributed by atoms with Crippen LogP contribution >= 0.6 is 0 Å². The predicted molar refractivity (Wildman–Crippen MR) is 77.6 cm³/mol. The van der Waals surface area contributed by atoms with Crippen molar-refractivity contribution in [1.82, 2.24) is 19.7 Å². The number of aryl methyl sites for hydroxylation is 1. The van der Waals surface area contributed by atoms with E-state index in [9.17, 15) is 4.79 Å². The Labute approximate surface area is 115 Å². The predicted octanol–water partition coefficient (Wildman–Crippen LogP) is 1.83. The number of nitrogens with one attached hydrogen (secondary N) is 2. The van der Waals surface area contributed by atoms with Gasteiger partial charge in [-0.3, -0.25) is 14.5 Å². The molecule has 0 bridgehead atoms. The Kier molecular flexibility index (Phi) is 2.98. The highest BCUT2D eigenvalue weighted by Crippen LogP contribution is 2.16. The summed E-state index contributed by atoms with van der Waals surface area (Å²) in [6.45, 7) is 2.02. The van der Waals surface area contributed by atoms with Crippen LogP contribution in [0.25, 0.3) is 11.0 Å². The van der Waals surface area contributed by atoms with Gasteiger partial charge in [-0.1, -0.05) is 30.3 Å². The molecular weight excluding hydrogens is 254 g/mol. The van der Waals surface area contributed by atoms with Crippen LogP contribution in [0.5, 0.6) is 0 Å². The minimum atomic E-state index is -0.189. The van der Waals surface area contributed by atoms with Crippen LogP contribution in [-0.4, -0.2) is 19.7 Å². The summed E-state index contributed by atoms with van der Waals surface area (Å²) in [5.41, 5.74) is 1.50. The lowest BCUT2D eigenvalue weighted by molar-refractivity contribution is 0.782. The van der Waals surface area contributed by atoms with Crippen molar-refractivity contribution < 1.29 is 0 Å². The minimum absolute atomic E-state index is 0.0463. The first-order valence-corrected chi connectivity index (χ1v) is 6.38. The van der Waals surface area contributed by atoms with Crippen molar-refractivity contribution in [2.45, 2.75) is 13.0 Å². The summed E-state index contributed by atoms with van der Waals surface area (Å²) < 4.78 is 1.59. The van der Waals surface area contributed by atoms with Gasteiger partial charge < -0.3 is 5.32 Å². The van der Waals surface area contributed by atoms with Crippen LogP contribution in [0.2, 0.25) is 0 Å². The van der Waals surface area contributed by atoms with Gasteiger partial charge in [0.15, 0.2) is 5.65 Å². The normalized spacial score (nSPS) is 12.5. The summed E-state index contributed by atoms with van der Waals surface area (Å²) in [4.78, 5) is 19.1. The zero-order valence-electron chi connectivity index (χ0n) is 11.3. The van der Waals surface area contributed by atoms with Crippen LogP contribution in [-0.2, 0) is 7.05 Å². The molecule has 1 aromatic carbocycles. The number of H-pyrrole nitrogens is 1. The number of anilines is 1. The van der Waals surface area contributed by atoms with Gasteiger partial charge in [-0.2, -0.15) is 10.1 Å². The van der Waals surface area contributed by atoms with E-state index in [1.54, 1.807) is 11.7 Å². The molecule has 2 N–H and O–H groups in total. The third-order valence-corrected chi connectivity index (χ3v) is 3.25. The zero-order valence-corrected chi connectivity index (χ0v) is 11.3. The Morgan fingerprint density at radius 3 is 2.80 bits per heavy atom. The minimum Gasteiger partial charge on any atom is -0.349 e. The molecule has 102 valence electrons. The highest BCUT2D eigenvalue weighted by molar-refractivity contribution is 5.74. The summed E-state index contributed by atoms with van der Waals surface area (Å²) >= 11 is 0. The van der Waals surface area contributed by atoms with Gasteiger partial charge in [-0.15, -0.1) is 0 Å². The maximum Gasteiger partial charge on any atom is 0.263 e. The van der Waals surface area contributed by atoms with E-state index in [2.05, 4.69) is 20.4 Å². The number of fused-ring (bicyclic) bond motifs is 1. The number of aromatic nitrogens is 4. The van der Waals surface area contributed by atoms with Gasteiger partial charge in [0, 0.05) is 7.05 Å². The van der Waals surface area contributed by atoms with Gasteiger partial charge in [0.1, 0.15) is 5.39 Å². The molecule has 0 radical (unpaired) electrons. The number of nitrogens with zero attached hydrogens (tertiary/aromatic N) is 3. The Balaban J connectivity index is 1.95. The van der Waals surface area contributed by atoms with Crippen LogP contribution in [0.15, 0.2) is 41.3 Å². The molecule has 0 saturated heterocycles. The Bertz CT molecular complexity index is 790. The molecule has 6 nitrogen and oxygen atoms in total. The van der Waals surface area contributed by atoms with E-state index in [0.29, 0.717) is 17.0 Å². The second kappa shape index (κ2) is 4.80. The topological polar surface area (TPSA) is 75.6 Å². The molecule has 0 saturated carbocycles. The van der Waals surface area contributed by atoms with Gasteiger partial charge in [-0.05, 0) is 12.5 Å². The van der Waals surface area contributed by atoms with E-state index in [1.165, 1.54) is 6.20 Å². The molecule has 1 unspecified atom stereocenters. The molecule has 0 spiro atoms. The van der Waals surface area contributed by atoms with Crippen molar-refractivity contribution in [2.24, 2.45) is 7.05 Å². The SMILES string of the molecule is CC(Nc1nc2c(cnn2C)c(=O)[nH]1)c1ccccc1. The molecule has 1 atom stereocenters. The van der Waals surface area contributed by atoms with Crippen molar-refractivity contribution >= 4 is 17.0 Å². The van der Waals surface area contributed by atoms with Gasteiger partial charge >= 0.3 is 0 Å². The van der Waals surface area contributed by atoms with E-state index < -0.39 is 0 Å². The summed E-state index contributed by atoms with van der Waals surface area (Å²) in [6.07, 6.45) is 1.52. The molecule has 2 heterocycles. The fourth-order valence-corrected chi connectivity index (χ4v) is 2.13. The highest BCUT2D eigenvalue weighted by atomic mass is 16.1. The maximum atomic E-state index is 11.9. The first-order chi connectivity index (χ1) is 9.65. The lowest BCUT2D eigenvalue weighted by Crippen LogP contribution is -2.15. The van der Waals surface area contributed by atoms with Crippen LogP contribution < -0.4 is 10.9 Å². The summed E-state index contributed by atoms with van der Waals surface area (Å²) in [5, 5.41) is 7.73. The molecular formula is C14H15N5O. The summed E-state index contributed by atoms with van der Waals surface area (Å²) in [6, 6.07) is 10.0. The van der Waals surface area contributed by atoms with Crippen molar-refractivity contribution in [2.75, 3.05) is 5.32 Å². The zero-order chi connectivity index (χ0) is 14.1. The first-order valence-electron chi connectivity index (χ1n) is 6.38. The smallest absolute Gasteiger partial charge is 0.263 e. The van der Waals surface area contributed by atoms with Gasteiger partial charge in [0.25, 0.3) is 5.56 Å². The van der Waals surface area contributed by atoms with E-state index in [4.69, 9.17) is 0 Å². The van der Waals surface area contributed by atoms with Crippen molar-refractivity contribution in [3.63, 3.8) is 0 Å². The van der Waals surface area contributed by atoms with Crippen LogP contribution in [0, 0.1) is 0 Å². The molecule has 0 aliphatic heterocycles. The maximum absolute atomic E-state index is 11.9. The number of hydrogen-bond donors (Lipinski definition) is 2. The molecule has 2 aromatic heterocycles. The average molecular weight is 269 g/mol. The van der Waals surface area contributed by atoms with Crippen LogP contribution in [0.1, 0.15) is 18.5 Å².